The Balaban J connectivity index is 0.00000800. The van der Waals surface area contributed by atoms with Gasteiger partial charge < -0.3 is 35.1 Å². The van der Waals surface area contributed by atoms with Crippen molar-refractivity contribution in [1.29, 1.82) is 0 Å². The van der Waals surface area contributed by atoms with Gasteiger partial charge in [0.1, 0.15) is 5.75 Å². The van der Waals surface area contributed by atoms with Crippen molar-refractivity contribution in [2.45, 2.75) is 64.5 Å². The van der Waals surface area contributed by atoms with E-state index in [0.29, 0.717) is 42.8 Å². The van der Waals surface area contributed by atoms with E-state index in [1.807, 2.05) is 56.3 Å². The van der Waals surface area contributed by atoms with Crippen LogP contribution in [-0.2, 0) is 21.4 Å². The molecule has 0 unspecified atom stereocenters. The fraction of sp³-hybridized carbons (Fsp3) is 0.581. The van der Waals surface area contributed by atoms with E-state index >= 15 is 0 Å². The van der Waals surface area contributed by atoms with E-state index in [1.165, 1.54) is 0 Å². The molecule has 8 nitrogen and oxygen atoms in total. The Bertz CT molecular complexity index is 1030. The number of ether oxygens (including phenoxy) is 4. The number of rotatable bonds is 17. The molecule has 0 saturated heterocycles. The van der Waals surface area contributed by atoms with Crippen LogP contribution >= 0.6 is 12.4 Å². The van der Waals surface area contributed by atoms with E-state index in [-0.39, 0.29) is 30.8 Å². The van der Waals surface area contributed by atoms with Gasteiger partial charge in [-0.15, -0.1) is 12.4 Å². The number of carbonyl (C=O) groups excluding carboxylic acids is 1. The van der Waals surface area contributed by atoms with Crippen molar-refractivity contribution in [1.82, 2.24) is 5.32 Å². The summed E-state index contributed by atoms with van der Waals surface area (Å²) in [5, 5.41) is 13.7. The number of nitrogens with two attached hydrogens (primary N) is 1. The molecule has 4 N–H and O–H groups in total. The van der Waals surface area contributed by atoms with Gasteiger partial charge >= 0.3 is 0 Å². The Hall–Kier alpha value is -2.52. The number of amides is 1. The number of benzene rings is 2. The third kappa shape index (κ3) is 10.5. The van der Waals surface area contributed by atoms with Crippen LogP contribution in [0.3, 0.4) is 0 Å². The molecule has 0 radical (unpaired) electrons. The Morgan fingerprint density at radius 1 is 1.02 bits per heavy atom. The summed E-state index contributed by atoms with van der Waals surface area (Å²) >= 11 is 0. The lowest BCUT2D eigenvalue weighted by molar-refractivity contribution is -0.126. The highest BCUT2D eigenvalue weighted by molar-refractivity contribution is 5.87. The number of carbonyl (C=O) groups is 1. The molecule has 0 spiro atoms. The summed E-state index contributed by atoms with van der Waals surface area (Å²) in [6, 6.07) is 12.9. The Labute approximate surface area is 246 Å². The van der Waals surface area contributed by atoms with Gasteiger partial charge in [0.2, 0.25) is 5.91 Å². The molecule has 0 fully saturated rings. The van der Waals surface area contributed by atoms with E-state index in [4.69, 9.17) is 24.7 Å². The van der Waals surface area contributed by atoms with Crippen molar-refractivity contribution in [2.24, 2.45) is 17.6 Å². The minimum Gasteiger partial charge on any atom is -0.497 e. The van der Waals surface area contributed by atoms with Gasteiger partial charge in [-0.05, 0) is 73.9 Å². The predicted molar refractivity (Wildman–Crippen MR) is 162 cm³/mol. The highest BCUT2D eigenvalue weighted by Crippen LogP contribution is 2.31. The Morgan fingerprint density at radius 3 is 2.38 bits per heavy atom. The number of hydrogen-bond donors (Lipinski definition) is 3. The monoisotopic (exact) mass is 580 g/mol. The summed E-state index contributed by atoms with van der Waals surface area (Å²) in [6.45, 7) is 9.28. The topological polar surface area (TPSA) is 112 Å². The van der Waals surface area contributed by atoms with Crippen molar-refractivity contribution >= 4 is 18.3 Å². The van der Waals surface area contributed by atoms with Crippen LogP contribution < -0.4 is 25.3 Å². The van der Waals surface area contributed by atoms with E-state index in [1.54, 1.807) is 21.3 Å². The molecular weight excluding hydrogens is 532 g/mol. The summed E-state index contributed by atoms with van der Waals surface area (Å²) < 4.78 is 21.8. The molecular formula is C31H49ClN2O6. The Morgan fingerprint density at radius 2 is 1.75 bits per heavy atom. The average Bonchev–Trinajstić information content (AvgIpc) is 2.93. The molecule has 226 valence electrons. The summed E-state index contributed by atoms with van der Waals surface area (Å²) in [7, 11) is 4.90. The number of aliphatic hydroxyl groups excluding tert-OH is 1. The molecule has 0 saturated carbocycles. The van der Waals surface area contributed by atoms with Crippen molar-refractivity contribution in [3.8, 4) is 17.2 Å². The van der Waals surface area contributed by atoms with Crippen LogP contribution in [0.25, 0.3) is 0 Å². The SMILES string of the molecule is COCCCOc1cc(C[C@@H](C[C@H](N)[C@@H](O)CNC(=O)C(C)(C)c2cccc(OC)c2)C(C)C)ccc1OC.Cl. The second-order valence-corrected chi connectivity index (χ2v) is 10.9. The van der Waals surface area contributed by atoms with Crippen LogP contribution in [0.5, 0.6) is 17.2 Å². The van der Waals surface area contributed by atoms with Crippen LogP contribution in [0.4, 0.5) is 0 Å². The Kier molecular flexibility index (Phi) is 15.4. The molecule has 1 amide bonds. The summed E-state index contributed by atoms with van der Waals surface area (Å²) in [4.78, 5) is 13.0. The molecule has 40 heavy (non-hydrogen) atoms. The van der Waals surface area contributed by atoms with Crippen molar-refractivity contribution < 1.29 is 28.8 Å². The molecule has 2 aromatic carbocycles. The van der Waals surface area contributed by atoms with Crippen molar-refractivity contribution in [2.75, 3.05) is 41.1 Å². The molecule has 0 aliphatic rings. The van der Waals surface area contributed by atoms with Gasteiger partial charge in [-0.2, -0.15) is 0 Å². The highest BCUT2D eigenvalue weighted by Gasteiger charge is 2.31. The lowest BCUT2D eigenvalue weighted by atomic mass is 9.82. The van der Waals surface area contributed by atoms with Crippen LogP contribution in [0.2, 0.25) is 0 Å². The zero-order valence-corrected chi connectivity index (χ0v) is 25.9. The predicted octanol–water partition coefficient (Wildman–Crippen LogP) is 4.53. The molecule has 2 aromatic rings. The van der Waals surface area contributed by atoms with Crippen molar-refractivity contribution in [3.05, 3.63) is 53.6 Å². The van der Waals surface area contributed by atoms with Crippen LogP contribution in [0.15, 0.2) is 42.5 Å². The number of aliphatic hydroxyl groups is 1. The molecule has 0 aliphatic heterocycles. The third-order valence-corrected chi connectivity index (χ3v) is 7.32. The lowest BCUT2D eigenvalue weighted by Gasteiger charge is -2.29. The zero-order chi connectivity index (χ0) is 29.0. The summed E-state index contributed by atoms with van der Waals surface area (Å²) in [5.41, 5.74) is 7.60. The largest absolute Gasteiger partial charge is 0.497 e. The maximum Gasteiger partial charge on any atom is 0.230 e. The first kappa shape index (κ1) is 35.5. The first-order valence-electron chi connectivity index (χ1n) is 13.7. The molecule has 0 aliphatic carbocycles. The molecule has 0 bridgehead atoms. The standard InChI is InChI=1S/C31H48N2O6.ClH/c1-21(2)23(16-22-12-13-28(38-7)29(17-22)39-15-9-14-36-5)18-26(32)27(34)20-33-30(35)31(3,4)24-10-8-11-25(19-24)37-6;/h8,10-13,17,19,21,23,26-27,34H,9,14-16,18,20,32H2,1-7H3,(H,33,35);1H/t23-,26-,27-;/m0./s1. The van der Waals surface area contributed by atoms with E-state index < -0.39 is 17.6 Å². The number of nitrogens with one attached hydrogen (secondary N) is 1. The van der Waals surface area contributed by atoms with Crippen LogP contribution in [0.1, 0.15) is 51.7 Å². The molecule has 9 heteroatoms. The minimum absolute atomic E-state index is 0. The smallest absolute Gasteiger partial charge is 0.230 e. The quantitative estimate of drug-likeness (QED) is 0.236. The lowest BCUT2D eigenvalue weighted by Crippen LogP contribution is -2.48. The maximum absolute atomic E-state index is 13.0. The maximum atomic E-state index is 13.0. The molecule has 3 atom stereocenters. The second-order valence-electron chi connectivity index (χ2n) is 10.9. The summed E-state index contributed by atoms with van der Waals surface area (Å²) in [5.74, 6) is 2.48. The minimum atomic E-state index is -0.869. The van der Waals surface area contributed by atoms with Gasteiger partial charge in [-0.3, -0.25) is 4.79 Å². The normalized spacial score (nSPS) is 13.7. The third-order valence-electron chi connectivity index (χ3n) is 7.32. The van der Waals surface area contributed by atoms with Crippen molar-refractivity contribution in [3.63, 3.8) is 0 Å². The number of methoxy groups -OCH3 is 3. The van der Waals surface area contributed by atoms with Crippen LogP contribution in [-0.4, -0.2) is 64.2 Å². The first-order valence-corrected chi connectivity index (χ1v) is 13.7. The number of halogens is 1. The zero-order valence-electron chi connectivity index (χ0n) is 25.1. The fourth-order valence-corrected chi connectivity index (χ4v) is 4.46. The van der Waals surface area contributed by atoms with Crippen LogP contribution in [0, 0.1) is 11.8 Å². The average molecular weight is 581 g/mol. The fourth-order valence-electron chi connectivity index (χ4n) is 4.46. The van der Waals surface area contributed by atoms with Gasteiger partial charge in [0.05, 0.1) is 32.3 Å². The van der Waals surface area contributed by atoms with Gasteiger partial charge in [0.15, 0.2) is 11.5 Å². The van der Waals surface area contributed by atoms with E-state index in [0.717, 1.165) is 24.0 Å². The second kappa shape index (κ2) is 17.3. The molecule has 2 rings (SSSR count). The first-order chi connectivity index (χ1) is 18.5. The van der Waals surface area contributed by atoms with Gasteiger partial charge in [0.25, 0.3) is 0 Å². The number of hydrogen-bond acceptors (Lipinski definition) is 7. The molecule has 0 aromatic heterocycles. The van der Waals surface area contributed by atoms with E-state index in [9.17, 15) is 9.90 Å². The van der Waals surface area contributed by atoms with E-state index in [2.05, 4.69) is 19.2 Å². The summed E-state index contributed by atoms with van der Waals surface area (Å²) in [6.07, 6.45) is 1.32. The van der Waals surface area contributed by atoms with Gasteiger partial charge in [-0.1, -0.05) is 32.0 Å². The molecule has 0 heterocycles. The highest BCUT2D eigenvalue weighted by atomic mass is 35.5. The van der Waals surface area contributed by atoms with Gasteiger partial charge in [-0.25, -0.2) is 0 Å². The van der Waals surface area contributed by atoms with Gasteiger partial charge in [0, 0.05) is 32.7 Å².